The van der Waals surface area contributed by atoms with Gasteiger partial charge in [-0.15, -0.1) is 11.3 Å². The molecule has 0 saturated heterocycles. The van der Waals surface area contributed by atoms with Crippen LogP contribution in [0.4, 0.5) is 0 Å². The average molecular weight is 457 g/mol. The van der Waals surface area contributed by atoms with Gasteiger partial charge in [-0.05, 0) is 17.7 Å². The maximum Gasteiger partial charge on any atom is 0.355 e. The van der Waals surface area contributed by atoms with Crippen molar-refractivity contribution in [1.82, 2.24) is 14.8 Å². The number of aromatic nitrogens is 3. The first-order valence-electron chi connectivity index (χ1n) is 8.91. The van der Waals surface area contributed by atoms with Crippen molar-refractivity contribution in [2.24, 2.45) is 5.14 Å². The predicted octanol–water partition coefficient (Wildman–Crippen LogP) is 2.64. The minimum Gasteiger partial charge on any atom is -0.493 e. The lowest BCUT2D eigenvalue weighted by Gasteiger charge is -2.05. The summed E-state index contributed by atoms with van der Waals surface area (Å²) >= 11 is 1.04. The first-order valence-corrected chi connectivity index (χ1v) is 11.3. The Hall–Kier alpha value is -3.54. The summed E-state index contributed by atoms with van der Waals surface area (Å²) < 4.78 is 24.2. The normalized spacial score (nSPS) is 11.5. The number of hydrogen-bond donors (Lipinski definition) is 3. The Kier molecular flexibility index (Phi) is 5.31. The molecule has 0 atom stereocenters. The molecule has 0 bridgehead atoms. The van der Waals surface area contributed by atoms with E-state index in [2.05, 4.69) is 10.1 Å². The second-order valence-electron chi connectivity index (χ2n) is 6.61. The molecule has 0 aliphatic carbocycles. The van der Waals surface area contributed by atoms with E-state index in [1.54, 1.807) is 12.1 Å². The van der Waals surface area contributed by atoms with Crippen molar-refractivity contribution < 1.29 is 23.4 Å². The molecule has 4 rings (SSSR count). The van der Waals surface area contributed by atoms with E-state index in [1.807, 2.05) is 30.3 Å². The van der Waals surface area contributed by atoms with Gasteiger partial charge in [-0.25, -0.2) is 23.3 Å². The number of benzene rings is 2. The zero-order valence-corrected chi connectivity index (χ0v) is 17.5. The number of carbonyl (C=O) groups is 1. The number of aromatic hydroxyl groups is 1. The van der Waals surface area contributed by atoms with Gasteiger partial charge in [-0.2, -0.15) is 9.78 Å². The van der Waals surface area contributed by atoms with Gasteiger partial charge in [0.1, 0.15) is 5.69 Å². The fourth-order valence-electron chi connectivity index (χ4n) is 3.03. The fraction of sp³-hybridized carbons (Fsp3) is 0.0500. The zero-order valence-electron chi connectivity index (χ0n) is 15.8. The fourth-order valence-corrected chi connectivity index (χ4v) is 4.29. The van der Waals surface area contributed by atoms with E-state index in [4.69, 9.17) is 10.2 Å². The third-order valence-electron chi connectivity index (χ3n) is 4.53. The van der Waals surface area contributed by atoms with E-state index in [0.717, 1.165) is 22.5 Å². The molecule has 4 aromatic rings. The SMILES string of the molecule is NS(=O)(=O)c1ccc(Cc2c(-c3ccccc3)nn(-c3nc(C(=O)O)cs3)c2O)cc1. The van der Waals surface area contributed by atoms with Gasteiger partial charge in [0.05, 0.1) is 4.90 Å². The van der Waals surface area contributed by atoms with Crippen molar-refractivity contribution in [3.8, 4) is 22.3 Å². The topological polar surface area (TPSA) is 148 Å². The zero-order chi connectivity index (χ0) is 22.2. The van der Waals surface area contributed by atoms with Crippen LogP contribution in [0.5, 0.6) is 5.88 Å². The van der Waals surface area contributed by atoms with Gasteiger partial charge in [0.2, 0.25) is 21.0 Å². The lowest BCUT2D eigenvalue weighted by Crippen LogP contribution is -2.11. The Balaban J connectivity index is 1.80. The Labute approximate surface area is 181 Å². The van der Waals surface area contributed by atoms with Crippen molar-refractivity contribution in [2.45, 2.75) is 11.3 Å². The van der Waals surface area contributed by atoms with Gasteiger partial charge >= 0.3 is 5.97 Å². The van der Waals surface area contributed by atoms with Crippen molar-refractivity contribution in [3.63, 3.8) is 0 Å². The number of carboxylic acid groups (broad SMARTS) is 1. The number of nitrogens with zero attached hydrogens (tertiary/aromatic N) is 3. The second kappa shape index (κ2) is 7.95. The summed E-state index contributed by atoms with van der Waals surface area (Å²) in [4.78, 5) is 15.2. The molecule has 0 radical (unpaired) electrons. The summed E-state index contributed by atoms with van der Waals surface area (Å²) in [5.41, 5.74) is 2.33. The van der Waals surface area contributed by atoms with Crippen molar-refractivity contribution in [3.05, 3.63) is 76.8 Å². The largest absolute Gasteiger partial charge is 0.493 e. The summed E-state index contributed by atoms with van der Waals surface area (Å²) in [5.74, 6) is -1.35. The van der Waals surface area contributed by atoms with E-state index >= 15 is 0 Å². The van der Waals surface area contributed by atoms with Gasteiger partial charge in [0, 0.05) is 22.9 Å². The van der Waals surface area contributed by atoms with E-state index in [0.29, 0.717) is 11.3 Å². The number of sulfonamides is 1. The lowest BCUT2D eigenvalue weighted by molar-refractivity contribution is 0.0691. The third kappa shape index (κ3) is 4.19. The first kappa shape index (κ1) is 20.7. The van der Waals surface area contributed by atoms with Crippen molar-refractivity contribution >= 4 is 27.3 Å². The van der Waals surface area contributed by atoms with Crippen LogP contribution in [0.25, 0.3) is 16.4 Å². The number of carboxylic acids is 1. The van der Waals surface area contributed by atoms with Gasteiger partial charge in [-0.3, -0.25) is 0 Å². The van der Waals surface area contributed by atoms with Crippen LogP contribution in [-0.4, -0.2) is 39.4 Å². The number of rotatable bonds is 6. The molecule has 0 spiro atoms. The molecule has 11 heteroatoms. The molecule has 158 valence electrons. The first-order chi connectivity index (χ1) is 14.7. The molecule has 0 aliphatic rings. The quantitative estimate of drug-likeness (QED) is 0.404. The Bertz CT molecular complexity index is 1360. The molecule has 4 N–H and O–H groups in total. The smallest absolute Gasteiger partial charge is 0.355 e. The third-order valence-corrected chi connectivity index (χ3v) is 6.27. The summed E-state index contributed by atoms with van der Waals surface area (Å²) in [6, 6.07) is 15.2. The second-order valence-corrected chi connectivity index (χ2v) is 9.01. The van der Waals surface area contributed by atoms with E-state index in [-0.39, 0.29) is 28.0 Å². The Morgan fingerprint density at radius 1 is 1.10 bits per heavy atom. The molecule has 2 aromatic heterocycles. The van der Waals surface area contributed by atoms with Gasteiger partial charge in [0.25, 0.3) is 0 Å². The summed E-state index contributed by atoms with van der Waals surface area (Å²) in [7, 11) is -3.81. The van der Waals surface area contributed by atoms with Crippen LogP contribution in [0.1, 0.15) is 21.6 Å². The molecule has 0 amide bonds. The average Bonchev–Trinajstić information content (AvgIpc) is 3.34. The number of primary sulfonamides is 1. The summed E-state index contributed by atoms with van der Waals surface area (Å²) in [6.45, 7) is 0. The monoisotopic (exact) mass is 456 g/mol. The van der Waals surface area contributed by atoms with Crippen LogP contribution in [-0.2, 0) is 16.4 Å². The molecule has 0 fully saturated rings. The molecule has 0 saturated carbocycles. The van der Waals surface area contributed by atoms with Crippen LogP contribution >= 0.6 is 11.3 Å². The molecular formula is C20H16N4O5S2. The molecule has 9 nitrogen and oxygen atoms in total. The molecule has 2 aromatic carbocycles. The Morgan fingerprint density at radius 3 is 2.35 bits per heavy atom. The van der Waals surface area contributed by atoms with Gasteiger partial charge in [-0.1, -0.05) is 42.5 Å². The number of nitrogens with two attached hydrogens (primary N) is 1. The highest BCUT2D eigenvalue weighted by atomic mass is 32.2. The van der Waals surface area contributed by atoms with E-state index in [1.165, 1.54) is 22.2 Å². The van der Waals surface area contributed by atoms with Gasteiger partial charge in [0.15, 0.2) is 5.69 Å². The standard InChI is InChI=1S/C20H16N4O5S2/c21-31(28,29)14-8-6-12(7-9-14)10-15-17(13-4-2-1-3-5-13)23-24(18(15)25)20-22-16(11-30-20)19(26)27/h1-9,11,25H,10H2,(H,26,27)(H2,21,28,29). The highest BCUT2D eigenvalue weighted by Gasteiger charge is 2.22. The summed E-state index contributed by atoms with van der Waals surface area (Å²) in [6.07, 6.45) is 0.248. The molecular weight excluding hydrogens is 440 g/mol. The maximum absolute atomic E-state index is 11.5. The highest BCUT2D eigenvalue weighted by molar-refractivity contribution is 7.89. The minimum absolute atomic E-state index is 0.0107. The van der Waals surface area contributed by atoms with E-state index < -0.39 is 16.0 Å². The Morgan fingerprint density at radius 2 is 1.77 bits per heavy atom. The molecule has 0 unspecified atom stereocenters. The van der Waals surface area contributed by atoms with Gasteiger partial charge < -0.3 is 10.2 Å². The minimum atomic E-state index is -3.81. The van der Waals surface area contributed by atoms with Crippen LogP contribution < -0.4 is 5.14 Å². The maximum atomic E-state index is 11.5. The van der Waals surface area contributed by atoms with Crippen molar-refractivity contribution in [1.29, 1.82) is 0 Å². The van der Waals surface area contributed by atoms with Crippen molar-refractivity contribution in [2.75, 3.05) is 0 Å². The van der Waals surface area contributed by atoms with Crippen LogP contribution in [0, 0.1) is 0 Å². The highest BCUT2D eigenvalue weighted by Crippen LogP contribution is 2.34. The number of aromatic carboxylic acids is 1. The lowest BCUT2D eigenvalue weighted by atomic mass is 10.0. The molecule has 2 heterocycles. The number of hydrogen-bond acceptors (Lipinski definition) is 7. The molecule has 0 aliphatic heterocycles. The van der Waals surface area contributed by atoms with Crippen LogP contribution in [0.15, 0.2) is 64.9 Å². The summed E-state index contributed by atoms with van der Waals surface area (Å²) in [5, 5.41) is 31.3. The number of thiazole rings is 1. The van der Waals surface area contributed by atoms with Crippen LogP contribution in [0.2, 0.25) is 0 Å². The van der Waals surface area contributed by atoms with Crippen LogP contribution in [0.3, 0.4) is 0 Å². The van der Waals surface area contributed by atoms with E-state index in [9.17, 15) is 18.3 Å². The predicted molar refractivity (Wildman–Crippen MR) is 114 cm³/mol. The molecule has 31 heavy (non-hydrogen) atoms.